The second kappa shape index (κ2) is 9.28. The monoisotopic (exact) mass is 398 g/mol. The zero-order valence-electron chi connectivity index (χ0n) is 17.3. The van der Waals surface area contributed by atoms with Crippen molar-refractivity contribution < 1.29 is 28.9 Å². The first-order chi connectivity index (χ1) is 13.6. The molecule has 1 N–H and O–H groups in total. The lowest BCUT2D eigenvalue weighted by atomic mass is 9.91. The van der Waals surface area contributed by atoms with Gasteiger partial charge in [0.05, 0.1) is 26.2 Å². The van der Waals surface area contributed by atoms with Gasteiger partial charge in [0.1, 0.15) is 17.1 Å². The van der Waals surface area contributed by atoms with Gasteiger partial charge in [-0.05, 0) is 61.7 Å². The van der Waals surface area contributed by atoms with Gasteiger partial charge in [0.15, 0.2) is 0 Å². The van der Waals surface area contributed by atoms with Crippen molar-refractivity contribution in [3.05, 3.63) is 65.2 Å². The third-order valence-corrected chi connectivity index (χ3v) is 4.03. The normalized spacial score (nSPS) is 10.8. The van der Waals surface area contributed by atoms with Crippen LogP contribution in [0.25, 0.3) is 5.57 Å². The maximum absolute atomic E-state index is 12.9. The Labute approximate surface area is 170 Å². The van der Waals surface area contributed by atoms with Gasteiger partial charge in [-0.15, -0.1) is 0 Å². The van der Waals surface area contributed by atoms with E-state index < -0.39 is 24.0 Å². The van der Waals surface area contributed by atoms with Gasteiger partial charge in [-0.3, -0.25) is 4.79 Å². The summed E-state index contributed by atoms with van der Waals surface area (Å²) in [4.78, 5) is 24.5. The third-order valence-electron chi connectivity index (χ3n) is 4.03. The van der Waals surface area contributed by atoms with Crippen LogP contribution in [0.1, 0.15) is 38.3 Å². The van der Waals surface area contributed by atoms with E-state index in [1.54, 1.807) is 83.5 Å². The molecule has 0 radical (unpaired) electrons. The summed E-state index contributed by atoms with van der Waals surface area (Å²) in [7, 11) is 3.12. The van der Waals surface area contributed by atoms with E-state index in [9.17, 15) is 14.7 Å². The van der Waals surface area contributed by atoms with Gasteiger partial charge in [-0.2, -0.15) is 0 Å². The summed E-state index contributed by atoms with van der Waals surface area (Å²) in [6.45, 7) is 5.22. The highest BCUT2D eigenvalue weighted by molar-refractivity contribution is 6.05. The van der Waals surface area contributed by atoms with E-state index in [2.05, 4.69) is 0 Å². The van der Waals surface area contributed by atoms with Crippen molar-refractivity contribution in [2.45, 2.75) is 32.8 Å². The zero-order valence-corrected chi connectivity index (χ0v) is 17.3. The maximum atomic E-state index is 12.9. The number of methoxy groups -OCH3 is 2. The number of benzene rings is 2. The molecular weight excluding hydrogens is 372 g/mol. The zero-order chi connectivity index (χ0) is 21.6. The standard InChI is InChI=1S/C23H26O6/c1-23(2,3)29-22(26)19(14-20(24)25)21(15-6-10-17(27-4)11-7-15)16-8-12-18(28-5)13-9-16/h6-13H,14H2,1-5H3,(H,24,25). The molecule has 6 nitrogen and oxygen atoms in total. The summed E-state index contributed by atoms with van der Waals surface area (Å²) in [5, 5.41) is 9.46. The number of carbonyl (C=O) groups is 2. The lowest BCUT2D eigenvalue weighted by Crippen LogP contribution is -2.26. The Morgan fingerprint density at radius 1 is 0.828 bits per heavy atom. The topological polar surface area (TPSA) is 82.1 Å². The molecule has 0 amide bonds. The van der Waals surface area contributed by atoms with E-state index in [1.165, 1.54) is 0 Å². The largest absolute Gasteiger partial charge is 0.497 e. The predicted molar refractivity (Wildman–Crippen MR) is 110 cm³/mol. The number of hydrogen-bond acceptors (Lipinski definition) is 5. The molecule has 2 aromatic carbocycles. The number of rotatable bonds is 7. The SMILES string of the molecule is COc1ccc(C(=C(CC(=O)O)C(=O)OC(C)(C)C)c2ccc(OC)cc2)cc1. The van der Waals surface area contributed by atoms with Crippen LogP contribution in [0.3, 0.4) is 0 Å². The molecule has 0 bridgehead atoms. The average molecular weight is 398 g/mol. The van der Waals surface area contributed by atoms with Crippen molar-refractivity contribution in [1.29, 1.82) is 0 Å². The van der Waals surface area contributed by atoms with E-state index in [0.29, 0.717) is 28.2 Å². The highest BCUT2D eigenvalue weighted by atomic mass is 16.6. The first-order valence-electron chi connectivity index (χ1n) is 9.11. The van der Waals surface area contributed by atoms with Gasteiger partial charge in [-0.1, -0.05) is 24.3 Å². The third kappa shape index (κ3) is 6.10. The van der Waals surface area contributed by atoms with Crippen molar-refractivity contribution in [2.24, 2.45) is 0 Å². The van der Waals surface area contributed by atoms with E-state index in [0.717, 1.165) is 0 Å². The fourth-order valence-electron chi connectivity index (χ4n) is 2.78. The Morgan fingerprint density at radius 3 is 1.55 bits per heavy atom. The molecule has 0 aromatic heterocycles. The molecule has 0 saturated carbocycles. The molecule has 0 unspecified atom stereocenters. The highest BCUT2D eigenvalue weighted by Crippen LogP contribution is 2.32. The number of hydrogen-bond donors (Lipinski definition) is 1. The molecule has 0 aliphatic rings. The van der Waals surface area contributed by atoms with Crippen LogP contribution < -0.4 is 9.47 Å². The van der Waals surface area contributed by atoms with Crippen LogP contribution in [0.4, 0.5) is 0 Å². The number of aliphatic carboxylic acids is 1. The van der Waals surface area contributed by atoms with Crippen LogP contribution in [0.5, 0.6) is 11.5 Å². The fraction of sp³-hybridized carbons (Fsp3) is 0.304. The number of esters is 1. The maximum Gasteiger partial charge on any atom is 0.335 e. The molecule has 6 heteroatoms. The van der Waals surface area contributed by atoms with Crippen LogP contribution >= 0.6 is 0 Å². The van der Waals surface area contributed by atoms with E-state index in [-0.39, 0.29) is 5.57 Å². The Bertz CT molecular complexity index is 837. The van der Waals surface area contributed by atoms with Crippen LogP contribution in [-0.4, -0.2) is 36.9 Å². The van der Waals surface area contributed by atoms with E-state index in [1.807, 2.05) is 0 Å². The Morgan fingerprint density at radius 2 is 1.24 bits per heavy atom. The molecule has 0 atom stereocenters. The molecule has 0 saturated heterocycles. The van der Waals surface area contributed by atoms with Crippen LogP contribution in [0.2, 0.25) is 0 Å². The Kier molecular flexibility index (Phi) is 7.04. The summed E-state index contributed by atoms with van der Waals surface area (Å²) in [5.74, 6) is -0.480. The number of carbonyl (C=O) groups excluding carboxylic acids is 1. The molecule has 0 heterocycles. The number of ether oxygens (including phenoxy) is 3. The highest BCUT2D eigenvalue weighted by Gasteiger charge is 2.26. The minimum Gasteiger partial charge on any atom is -0.497 e. The molecule has 0 aliphatic carbocycles. The van der Waals surface area contributed by atoms with Gasteiger partial charge in [0.2, 0.25) is 0 Å². The summed E-state index contributed by atoms with van der Waals surface area (Å²) in [6.07, 6.45) is -0.470. The second-order valence-electron chi connectivity index (χ2n) is 7.38. The molecule has 2 aromatic rings. The van der Waals surface area contributed by atoms with Crippen molar-refractivity contribution in [3.8, 4) is 11.5 Å². The predicted octanol–water partition coefficient (Wildman–Crippen LogP) is 4.32. The number of carboxylic acid groups (broad SMARTS) is 1. The van der Waals surface area contributed by atoms with Crippen LogP contribution in [0.15, 0.2) is 54.1 Å². The van der Waals surface area contributed by atoms with Crippen molar-refractivity contribution in [2.75, 3.05) is 14.2 Å². The van der Waals surface area contributed by atoms with E-state index >= 15 is 0 Å². The molecule has 0 spiro atoms. The molecule has 0 aliphatic heterocycles. The minimum atomic E-state index is -1.12. The van der Waals surface area contributed by atoms with Gasteiger partial charge in [0.25, 0.3) is 0 Å². The second-order valence-corrected chi connectivity index (χ2v) is 7.38. The van der Waals surface area contributed by atoms with Crippen molar-refractivity contribution >= 4 is 17.5 Å². The van der Waals surface area contributed by atoms with Gasteiger partial charge < -0.3 is 19.3 Å². The van der Waals surface area contributed by atoms with Crippen LogP contribution in [-0.2, 0) is 14.3 Å². The summed E-state index contributed by atoms with van der Waals surface area (Å²) < 4.78 is 15.9. The Balaban J connectivity index is 2.72. The minimum absolute atomic E-state index is 0.0720. The number of carboxylic acids is 1. The first kappa shape index (κ1) is 22.0. The quantitative estimate of drug-likeness (QED) is 0.552. The molecular formula is C23H26O6. The summed E-state index contributed by atoms with van der Waals surface area (Å²) in [5.41, 5.74) is 1.16. The smallest absolute Gasteiger partial charge is 0.335 e. The van der Waals surface area contributed by atoms with Gasteiger partial charge in [-0.25, -0.2) is 4.79 Å². The first-order valence-corrected chi connectivity index (χ1v) is 9.11. The summed E-state index contributed by atoms with van der Waals surface area (Å²) in [6, 6.07) is 14.2. The Hall–Kier alpha value is -3.28. The lowest BCUT2D eigenvalue weighted by molar-refractivity contribution is -0.151. The van der Waals surface area contributed by atoms with Crippen molar-refractivity contribution in [1.82, 2.24) is 0 Å². The fourth-order valence-corrected chi connectivity index (χ4v) is 2.78. The van der Waals surface area contributed by atoms with Gasteiger partial charge in [0, 0.05) is 0 Å². The van der Waals surface area contributed by atoms with Gasteiger partial charge >= 0.3 is 11.9 Å². The molecule has 29 heavy (non-hydrogen) atoms. The molecule has 2 rings (SSSR count). The summed E-state index contributed by atoms with van der Waals surface area (Å²) >= 11 is 0. The molecule has 0 fully saturated rings. The van der Waals surface area contributed by atoms with Crippen LogP contribution in [0, 0.1) is 0 Å². The van der Waals surface area contributed by atoms with E-state index in [4.69, 9.17) is 14.2 Å². The average Bonchev–Trinajstić information content (AvgIpc) is 2.67. The lowest BCUT2D eigenvalue weighted by Gasteiger charge is -2.22. The van der Waals surface area contributed by atoms with Crippen molar-refractivity contribution in [3.63, 3.8) is 0 Å². The molecule has 154 valence electrons.